The number of esters is 1. The van der Waals surface area contributed by atoms with Gasteiger partial charge in [-0.3, -0.25) is 4.79 Å². The molecule has 3 aromatic rings. The van der Waals surface area contributed by atoms with Gasteiger partial charge in [-0.1, -0.05) is 23.2 Å². The second kappa shape index (κ2) is 11.9. The molecule has 3 aromatic carbocycles. The number of benzene rings is 3. The summed E-state index contributed by atoms with van der Waals surface area (Å²) in [5, 5.41) is 4.47. The Hall–Kier alpha value is -3.75. The topological polar surface area (TPSA) is 95.5 Å². The summed E-state index contributed by atoms with van der Waals surface area (Å²) in [6.45, 7) is -0.213. The molecule has 0 bridgehead atoms. The van der Waals surface area contributed by atoms with Gasteiger partial charge in [0.1, 0.15) is 11.5 Å². The van der Waals surface area contributed by atoms with Gasteiger partial charge in [0, 0.05) is 5.02 Å². The van der Waals surface area contributed by atoms with Gasteiger partial charge < -0.3 is 18.9 Å². The van der Waals surface area contributed by atoms with Gasteiger partial charge in [-0.2, -0.15) is 5.10 Å². The summed E-state index contributed by atoms with van der Waals surface area (Å²) in [6.07, 6.45) is 1.41. The number of carbonyl (C=O) groups excluding carboxylic acids is 2. The quantitative estimate of drug-likeness (QED) is 0.196. The maximum atomic E-state index is 12.4. The van der Waals surface area contributed by atoms with E-state index in [-0.39, 0.29) is 28.7 Å². The summed E-state index contributed by atoms with van der Waals surface area (Å²) < 4.78 is 21.1. The summed E-state index contributed by atoms with van der Waals surface area (Å²) in [5.41, 5.74) is 3.13. The van der Waals surface area contributed by atoms with Crippen molar-refractivity contribution in [3.8, 4) is 23.0 Å². The van der Waals surface area contributed by atoms with Crippen molar-refractivity contribution in [2.45, 2.75) is 0 Å². The predicted molar refractivity (Wildman–Crippen MR) is 129 cm³/mol. The summed E-state index contributed by atoms with van der Waals surface area (Å²) >= 11 is 11.9. The smallest absolute Gasteiger partial charge is 0.345 e. The van der Waals surface area contributed by atoms with E-state index in [0.717, 1.165) is 0 Å². The first-order valence-corrected chi connectivity index (χ1v) is 10.6. The van der Waals surface area contributed by atoms with Crippen LogP contribution in [0, 0.1) is 0 Å². The highest BCUT2D eigenvalue weighted by atomic mass is 35.5. The van der Waals surface area contributed by atoms with Crippen molar-refractivity contribution in [3.63, 3.8) is 0 Å². The molecule has 10 heteroatoms. The zero-order valence-electron chi connectivity index (χ0n) is 18.2. The van der Waals surface area contributed by atoms with E-state index in [9.17, 15) is 9.59 Å². The minimum atomic E-state index is -0.662. The van der Waals surface area contributed by atoms with E-state index in [1.165, 1.54) is 37.6 Å². The van der Waals surface area contributed by atoms with Crippen LogP contribution in [0.5, 0.6) is 23.0 Å². The molecular weight excluding hydrogens is 483 g/mol. The standard InChI is InChI=1S/C24H20Cl2N2O6/c1-31-17-5-7-18(8-6-17)33-14-23(29)28-27-13-15-3-10-21(22(11-15)32-2)34-24(30)19-9-4-16(25)12-20(19)26/h3-13H,14H2,1-2H3,(H,28,29). The second-order valence-electron chi connectivity index (χ2n) is 6.68. The minimum absolute atomic E-state index is 0.165. The van der Waals surface area contributed by atoms with Gasteiger partial charge in [-0.05, 0) is 66.2 Å². The summed E-state index contributed by atoms with van der Waals surface area (Å²) in [6, 6.07) is 16.1. The Morgan fingerprint density at radius 3 is 2.32 bits per heavy atom. The van der Waals surface area contributed by atoms with Crippen LogP contribution in [0.4, 0.5) is 0 Å². The molecule has 0 spiro atoms. The first-order chi connectivity index (χ1) is 16.4. The molecule has 8 nitrogen and oxygen atoms in total. The largest absolute Gasteiger partial charge is 0.497 e. The number of nitrogens with one attached hydrogen (secondary N) is 1. The summed E-state index contributed by atoms with van der Waals surface area (Å²) in [4.78, 5) is 24.4. The SMILES string of the molecule is COc1ccc(OCC(=O)NN=Cc2ccc(OC(=O)c3ccc(Cl)cc3Cl)c(OC)c2)cc1. The molecule has 0 radical (unpaired) electrons. The number of rotatable bonds is 9. The Kier molecular flexibility index (Phi) is 8.73. The average Bonchev–Trinajstić information content (AvgIpc) is 2.83. The fourth-order valence-corrected chi connectivity index (χ4v) is 3.18. The summed E-state index contributed by atoms with van der Waals surface area (Å²) in [7, 11) is 3.00. The van der Waals surface area contributed by atoms with E-state index in [0.29, 0.717) is 22.1 Å². The monoisotopic (exact) mass is 502 g/mol. The maximum absolute atomic E-state index is 12.4. The third-order valence-electron chi connectivity index (χ3n) is 4.37. The van der Waals surface area contributed by atoms with Crippen molar-refractivity contribution < 1.29 is 28.5 Å². The van der Waals surface area contributed by atoms with Crippen molar-refractivity contribution in [2.24, 2.45) is 5.10 Å². The van der Waals surface area contributed by atoms with E-state index < -0.39 is 11.9 Å². The van der Waals surface area contributed by atoms with Gasteiger partial charge in [-0.25, -0.2) is 10.2 Å². The number of halogens is 2. The first-order valence-electron chi connectivity index (χ1n) is 9.83. The molecule has 176 valence electrons. The van der Waals surface area contributed by atoms with E-state index in [1.54, 1.807) is 43.5 Å². The van der Waals surface area contributed by atoms with Crippen molar-refractivity contribution in [1.29, 1.82) is 0 Å². The van der Waals surface area contributed by atoms with Crippen molar-refractivity contribution >= 4 is 41.3 Å². The molecule has 0 saturated heterocycles. The zero-order chi connectivity index (χ0) is 24.5. The lowest BCUT2D eigenvalue weighted by molar-refractivity contribution is -0.123. The lowest BCUT2D eigenvalue weighted by atomic mass is 10.2. The number of carbonyl (C=O) groups is 2. The average molecular weight is 503 g/mol. The molecule has 0 aliphatic carbocycles. The Labute approximate surface area is 206 Å². The zero-order valence-corrected chi connectivity index (χ0v) is 19.7. The van der Waals surface area contributed by atoms with Crippen LogP contribution in [0.1, 0.15) is 15.9 Å². The van der Waals surface area contributed by atoms with Gasteiger partial charge in [0.05, 0.1) is 31.0 Å². The molecule has 1 amide bonds. The Morgan fingerprint density at radius 2 is 1.65 bits per heavy atom. The number of amides is 1. The molecule has 34 heavy (non-hydrogen) atoms. The van der Waals surface area contributed by atoms with Crippen LogP contribution in [-0.2, 0) is 4.79 Å². The van der Waals surface area contributed by atoms with Crippen LogP contribution in [0.25, 0.3) is 0 Å². The molecule has 0 atom stereocenters. The Bertz CT molecular complexity index is 1200. The van der Waals surface area contributed by atoms with Crippen molar-refractivity contribution in [2.75, 3.05) is 20.8 Å². The highest BCUT2D eigenvalue weighted by molar-refractivity contribution is 6.36. The van der Waals surface area contributed by atoms with Crippen LogP contribution < -0.4 is 24.4 Å². The van der Waals surface area contributed by atoms with E-state index >= 15 is 0 Å². The molecule has 3 rings (SSSR count). The lowest BCUT2D eigenvalue weighted by Crippen LogP contribution is -2.24. The first kappa shape index (κ1) is 24.9. The lowest BCUT2D eigenvalue weighted by Gasteiger charge is -2.10. The van der Waals surface area contributed by atoms with E-state index in [4.69, 9.17) is 42.1 Å². The Morgan fingerprint density at radius 1 is 0.912 bits per heavy atom. The minimum Gasteiger partial charge on any atom is -0.497 e. The molecule has 0 aliphatic heterocycles. The van der Waals surface area contributed by atoms with Gasteiger partial charge in [0.2, 0.25) is 0 Å². The number of hydrogen-bond donors (Lipinski definition) is 1. The maximum Gasteiger partial charge on any atom is 0.345 e. The number of methoxy groups -OCH3 is 2. The third-order valence-corrected chi connectivity index (χ3v) is 4.92. The number of ether oxygens (including phenoxy) is 4. The normalized spacial score (nSPS) is 10.6. The molecule has 0 fully saturated rings. The number of nitrogens with zero attached hydrogens (tertiary/aromatic N) is 1. The molecule has 1 N–H and O–H groups in total. The Balaban J connectivity index is 1.56. The molecular formula is C24H20Cl2N2O6. The van der Waals surface area contributed by atoms with Crippen LogP contribution in [0.15, 0.2) is 65.8 Å². The van der Waals surface area contributed by atoms with Gasteiger partial charge in [0.15, 0.2) is 18.1 Å². The van der Waals surface area contributed by atoms with Crippen molar-refractivity contribution in [3.05, 3.63) is 81.8 Å². The van der Waals surface area contributed by atoms with Gasteiger partial charge >= 0.3 is 5.97 Å². The van der Waals surface area contributed by atoms with Crippen LogP contribution in [0.3, 0.4) is 0 Å². The number of hydrogen-bond acceptors (Lipinski definition) is 7. The van der Waals surface area contributed by atoms with Gasteiger partial charge in [-0.15, -0.1) is 0 Å². The van der Waals surface area contributed by atoms with Crippen molar-refractivity contribution in [1.82, 2.24) is 5.43 Å². The summed E-state index contributed by atoms with van der Waals surface area (Å²) in [5.74, 6) is 0.583. The van der Waals surface area contributed by atoms with Crippen LogP contribution in [0.2, 0.25) is 10.0 Å². The van der Waals surface area contributed by atoms with Gasteiger partial charge in [0.25, 0.3) is 5.91 Å². The molecule has 0 heterocycles. The highest BCUT2D eigenvalue weighted by Crippen LogP contribution is 2.30. The molecule has 0 aromatic heterocycles. The fourth-order valence-electron chi connectivity index (χ4n) is 2.69. The molecule has 0 aliphatic rings. The number of hydrazone groups is 1. The highest BCUT2D eigenvalue weighted by Gasteiger charge is 2.16. The third kappa shape index (κ3) is 6.87. The fraction of sp³-hybridized carbons (Fsp3) is 0.125. The van der Waals surface area contributed by atoms with Crippen LogP contribution >= 0.6 is 23.2 Å². The molecule has 0 unspecified atom stereocenters. The predicted octanol–water partition coefficient (Wildman–Crippen LogP) is 4.76. The van der Waals surface area contributed by atoms with E-state index in [1.807, 2.05) is 0 Å². The van der Waals surface area contributed by atoms with Crippen LogP contribution in [-0.4, -0.2) is 38.9 Å². The second-order valence-corrected chi connectivity index (χ2v) is 7.53. The molecule has 0 saturated carbocycles. The van der Waals surface area contributed by atoms with E-state index in [2.05, 4.69) is 10.5 Å².